The first-order chi connectivity index (χ1) is 9.33. The van der Waals surface area contributed by atoms with E-state index in [2.05, 4.69) is 45.9 Å². The zero-order chi connectivity index (χ0) is 13.1. The van der Waals surface area contributed by atoms with Gasteiger partial charge < -0.3 is 10.6 Å². The van der Waals surface area contributed by atoms with E-state index in [0.717, 1.165) is 30.9 Å². The quantitative estimate of drug-likeness (QED) is 0.863. The lowest BCUT2D eigenvalue weighted by Gasteiger charge is -2.20. The Labute approximate surface area is 114 Å². The normalized spacial score (nSPS) is 18.5. The summed E-state index contributed by atoms with van der Waals surface area (Å²) >= 11 is 0. The van der Waals surface area contributed by atoms with E-state index in [1.54, 1.807) is 0 Å². The molecule has 1 aromatic carbocycles. The van der Waals surface area contributed by atoms with E-state index in [4.69, 9.17) is 0 Å². The summed E-state index contributed by atoms with van der Waals surface area (Å²) < 4.78 is 0. The SMILES string of the molecule is Cc1ccc(NC2CCNCc3ccccc32)cn1. The van der Waals surface area contributed by atoms with Crippen molar-refractivity contribution in [1.82, 2.24) is 10.3 Å². The minimum Gasteiger partial charge on any atom is -0.377 e. The molecule has 1 aliphatic rings. The van der Waals surface area contributed by atoms with Gasteiger partial charge in [-0.25, -0.2) is 0 Å². The van der Waals surface area contributed by atoms with Crippen molar-refractivity contribution in [2.45, 2.75) is 25.9 Å². The summed E-state index contributed by atoms with van der Waals surface area (Å²) in [5.41, 5.74) is 4.92. The van der Waals surface area contributed by atoms with Gasteiger partial charge in [0.1, 0.15) is 0 Å². The number of nitrogens with one attached hydrogen (secondary N) is 2. The largest absolute Gasteiger partial charge is 0.377 e. The minimum atomic E-state index is 0.357. The van der Waals surface area contributed by atoms with E-state index in [-0.39, 0.29) is 0 Å². The number of anilines is 1. The maximum Gasteiger partial charge on any atom is 0.0531 e. The summed E-state index contributed by atoms with van der Waals surface area (Å²) in [6.07, 6.45) is 3.00. The molecule has 0 amide bonds. The Morgan fingerprint density at radius 2 is 2.11 bits per heavy atom. The Morgan fingerprint density at radius 3 is 2.95 bits per heavy atom. The first-order valence-electron chi connectivity index (χ1n) is 6.80. The predicted octanol–water partition coefficient (Wildman–Crippen LogP) is 3.04. The molecular weight excluding hydrogens is 234 g/mol. The number of nitrogens with zero attached hydrogens (tertiary/aromatic N) is 1. The Morgan fingerprint density at radius 1 is 1.21 bits per heavy atom. The Kier molecular flexibility index (Phi) is 3.47. The predicted molar refractivity (Wildman–Crippen MR) is 78.1 cm³/mol. The second kappa shape index (κ2) is 5.41. The van der Waals surface area contributed by atoms with E-state index >= 15 is 0 Å². The summed E-state index contributed by atoms with van der Waals surface area (Å²) in [6.45, 7) is 4.00. The van der Waals surface area contributed by atoms with E-state index in [1.165, 1.54) is 11.1 Å². The third-order valence-electron chi connectivity index (χ3n) is 3.61. The van der Waals surface area contributed by atoms with Gasteiger partial charge in [-0.05, 0) is 43.1 Å². The third-order valence-corrected chi connectivity index (χ3v) is 3.61. The maximum absolute atomic E-state index is 4.35. The monoisotopic (exact) mass is 253 g/mol. The van der Waals surface area contributed by atoms with Gasteiger partial charge in [0.15, 0.2) is 0 Å². The standard InChI is InChI=1S/C16H19N3/c1-12-6-7-14(11-18-12)19-16-8-9-17-10-13-4-2-3-5-15(13)16/h2-7,11,16-17,19H,8-10H2,1H3. The molecule has 0 saturated heterocycles. The van der Waals surface area contributed by atoms with Crippen molar-refractivity contribution in [3.05, 3.63) is 59.4 Å². The first-order valence-corrected chi connectivity index (χ1v) is 6.80. The van der Waals surface area contributed by atoms with Crippen molar-refractivity contribution in [3.8, 4) is 0 Å². The molecule has 0 spiro atoms. The van der Waals surface area contributed by atoms with Crippen LogP contribution < -0.4 is 10.6 Å². The summed E-state index contributed by atoms with van der Waals surface area (Å²) in [4.78, 5) is 4.35. The molecule has 2 N–H and O–H groups in total. The van der Waals surface area contributed by atoms with Crippen molar-refractivity contribution >= 4 is 5.69 Å². The Bertz CT molecular complexity index is 548. The highest BCUT2D eigenvalue weighted by Gasteiger charge is 2.17. The highest BCUT2D eigenvalue weighted by molar-refractivity contribution is 5.45. The minimum absolute atomic E-state index is 0.357. The first kappa shape index (κ1) is 12.2. The number of hydrogen-bond donors (Lipinski definition) is 2. The summed E-state index contributed by atoms with van der Waals surface area (Å²) in [7, 11) is 0. The molecule has 3 rings (SSSR count). The topological polar surface area (TPSA) is 37.0 Å². The number of hydrogen-bond acceptors (Lipinski definition) is 3. The molecule has 0 bridgehead atoms. The van der Waals surface area contributed by atoms with E-state index < -0.39 is 0 Å². The summed E-state index contributed by atoms with van der Waals surface area (Å²) in [5, 5.41) is 7.07. The molecule has 0 radical (unpaired) electrons. The van der Waals surface area contributed by atoms with Gasteiger partial charge in [-0.15, -0.1) is 0 Å². The zero-order valence-electron chi connectivity index (χ0n) is 11.2. The van der Waals surface area contributed by atoms with E-state index in [9.17, 15) is 0 Å². The smallest absolute Gasteiger partial charge is 0.0531 e. The fraction of sp³-hybridized carbons (Fsp3) is 0.312. The fourth-order valence-electron chi connectivity index (χ4n) is 2.56. The molecular formula is C16H19N3. The second-order valence-corrected chi connectivity index (χ2v) is 5.05. The number of fused-ring (bicyclic) bond motifs is 1. The van der Waals surface area contributed by atoms with Gasteiger partial charge in [-0.2, -0.15) is 0 Å². The molecule has 1 aromatic heterocycles. The van der Waals surface area contributed by atoms with E-state index in [1.807, 2.05) is 19.2 Å². The fourth-order valence-corrected chi connectivity index (χ4v) is 2.56. The van der Waals surface area contributed by atoms with Crippen LogP contribution in [0.1, 0.15) is 29.3 Å². The van der Waals surface area contributed by atoms with Crippen molar-refractivity contribution in [2.24, 2.45) is 0 Å². The molecule has 1 atom stereocenters. The average Bonchev–Trinajstić information content (AvgIpc) is 2.64. The van der Waals surface area contributed by atoms with Crippen molar-refractivity contribution in [3.63, 3.8) is 0 Å². The van der Waals surface area contributed by atoms with Crippen molar-refractivity contribution < 1.29 is 0 Å². The van der Waals surface area contributed by atoms with E-state index in [0.29, 0.717) is 6.04 Å². The average molecular weight is 253 g/mol. The lowest BCUT2D eigenvalue weighted by molar-refractivity contribution is 0.637. The van der Waals surface area contributed by atoms with Crippen LogP contribution in [0.4, 0.5) is 5.69 Å². The van der Waals surface area contributed by atoms with Gasteiger partial charge >= 0.3 is 0 Å². The molecule has 0 aliphatic carbocycles. The van der Waals surface area contributed by atoms with Crippen molar-refractivity contribution in [2.75, 3.05) is 11.9 Å². The number of aromatic nitrogens is 1. The lowest BCUT2D eigenvalue weighted by atomic mass is 9.99. The van der Waals surface area contributed by atoms with Crippen LogP contribution in [-0.4, -0.2) is 11.5 Å². The highest BCUT2D eigenvalue weighted by Crippen LogP contribution is 2.27. The van der Waals surface area contributed by atoms with Crippen LogP contribution in [0.2, 0.25) is 0 Å². The number of rotatable bonds is 2. The Hall–Kier alpha value is -1.87. The van der Waals surface area contributed by atoms with Crippen LogP contribution in [0.3, 0.4) is 0 Å². The van der Waals surface area contributed by atoms with Gasteiger partial charge in [0.25, 0.3) is 0 Å². The number of aryl methyl sites for hydroxylation is 1. The third kappa shape index (κ3) is 2.76. The number of benzene rings is 1. The molecule has 2 aromatic rings. The van der Waals surface area contributed by atoms with Crippen LogP contribution in [0, 0.1) is 6.92 Å². The van der Waals surface area contributed by atoms with Crippen LogP contribution in [0.15, 0.2) is 42.6 Å². The molecule has 3 heteroatoms. The molecule has 19 heavy (non-hydrogen) atoms. The van der Waals surface area contributed by atoms with Crippen LogP contribution in [-0.2, 0) is 6.54 Å². The van der Waals surface area contributed by atoms with Gasteiger partial charge in [-0.3, -0.25) is 4.98 Å². The molecule has 1 unspecified atom stereocenters. The number of pyridine rings is 1. The molecule has 0 fully saturated rings. The molecule has 3 nitrogen and oxygen atoms in total. The van der Waals surface area contributed by atoms with Crippen LogP contribution >= 0.6 is 0 Å². The summed E-state index contributed by atoms with van der Waals surface area (Å²) in [6, 6.07) is 13.2. The second-order valence-electron chi connectivity index (χ2n) is 5.05. The molecule has 2 heterocycles. The lowest BCUT2D eigenvalue weighted by Crippen LogP contribution is -2.15. The maximum atomic E-state index is 4.35. The van der Waals surface area contributed by atoms with Crippen molar-refractivity contribution in [1.29, 1.82) is 0 Å². The Balaban J connectivity index is 1.86. The van der Waals surface area contributed by atoms with Gasteiger partial charge in [0, 0.05) is 12.2 Å². The summed E-state index contributed by atoms with van der Waals surface area (Å²) in [5.74, 6) is 0. The highest BCUT2D eigenvalue weighted by atomic mass is 15.0. The molecule has 98 valence electrons. The van der Waals surface area contributed by atoms with Gasteiger partial charge in [0.05, 0.1) is 17.9 Å². The van der Waals surface area contributed by atoms with Crippen LogP contribution in [0.25, 0.3) is 0 Å². The zero-order valence-corrected chi connectivity index (χ0v) is 11.2. The van der Waals surface area contributed by atoms with Gasteiger partial charge in [-0.1, -0.05) is 24.3 Å². The van der Waals surface area contributed by atoms with Gasteiger partial charge in [0.2, 0.25) is 0 Å². The molecule has 0 saturated carbocycles. The van der Waals surface area contributed by atoms with Crippen LogP contribution in [0.5, 0.6) is 0 Å². The molecule has 1 aliphatic heterocycles.